The van der Waals surface area contributed by atoms with Crippen molar-refractivity contribution in [1.29, 1.82) is 0 Å². The lowest BCUT2D eigenvalue weighted by Crippen LogP contribution is -2.20. The summed E-state index contributed by atoms with van der Waals surface area (Å²) in [4.78, 5) is 1.26. The fourth-order valence-corrected chi connectivity index (χ4v) is 3.92. The minimum absolute atomic E-state index is 0.154. The van der Waals surface area contributed by atoms with Crippen molar-refractivity contribution in [3.05, 3.63) is 42.7 Å². The summed E-state index contributed by atoms with van der Waals surface area (Å²) in [5.74, 6) is 0. The number of rotatable bonds is 4. The lowest BCUT2D eigenvalue weighted by molar-refractivity contribution is 0.641. The third kappa shape index (κ3) is 2.60. The van der Waals surface area contributed by atoms with Crippen molar-refractivity contribution in [3.63, 3.8) is 0 Å². The Morgan fingerprint density at radius 1 is 1.44 bits per heavy atom. The van der Waals surface area contributed by atoms with Gasteiger partial charge in [-0.05, 0) is 24.1 Å². The molecule has 1 nitrogen and oxygen atoms in total. The van der Waals surface area contributed by atoms with Crippen molar-refractivity contribution in [2.24, 2.45) is 0 Å². The van der Waals surface area contributed by atoms with E-state index in [1.165, 1.54) is 16.2 Å². The fourth-order valence-electron chi connectivity index (χ4n) is 1.57. The maximum absolute atomic E-state index is 6.19. The molecule has 86 valence electrons. The van der Waals surface area contributed by atoms with E-state index < -0.39 is 0 Å². The highest BCUT2D eigenvalue weighted by Gasteiger charge is 2.19. The van der Waals surface area contributed by atoms with Crippen LogP contribution in [0, 0.1) is 0 Å². The molecule has 2 aromatic heterocycles. The van der Waals surface area contributed by atoms with E-state index in [1.54, 1.807) is 11.3 Å². The molecule has 16 heavy (non-hydrogen) atoms. The van der Waals surface area contributed by atoms with Gasteiger partial charge in [0.05, 0.1) is 14.7 Å². The zero-order valence-electron chi connectivity index (χ0n) is 8.67. The third-order valence-corrected chi connectivity index (χ3v) is 4.69. The molecule has 0 aliphatic heterocycles. The Morgan fingerprint density at radius 3 is 2.75 bits per heavy atom. The number of nitrogens with one attached hydrogen (secondary N) is 1. The summed E-state index contributed by atoms with van der Waals surface area (Å²) in [7, 11) is 0. The second-order valence-electron chi connectivity index (χ2n) is 3.29. The number of hydrogen-bond acceptors (Lipinski definition) is 3. The molecule has 2 heterocycles. The van der Waals surface area contributed by atoms with E-state index in [9.17, 15) is 0 Å². The molecule has 0 amide bonds. The highest BCUT2D eigenvalue weighted by molar-refractivity contribution is 7.20. The predicted octanol–water partition coefficient (Wildman–Crippen LogP) is 4.82. The lowest BCUT2D eigenvalue weighted by Gasteiger charge is -2.15. The molecule has 0 fully saturated rings. The summed E-state index contributed by atoms with van der Waals surface area (Å²) >= 11 is 15.3. The standard InChI is InChI=1S/C11H11Cl2NS2/c1-2-14-10(8-4-3-5-15-8)7-6-9(12)16-11(7)13/h3-6,10,14H,2H2,1H3. The summed E-state index contributed by atoms with van der Waals surface area (Å²) in [6.07, 6.45) is 0. The molecule has 1 atom stereocenters. The second-order valence-corrected chi connectivity index (χ2v) is 6.55. The monoisotopic (exact) mass is 291 g/mol. The zero-order valence-corrected chi connectivity index (χ0v) is 11.8. The topological polar surface area (TPSA) is 12.0 Å². The average Bonchev–Trinajstić information content (AvgIpc) is 2.85. The molecule has 2 rings (SSSR count). The first-order valence-electron chi connectivity index (χ1n) is 4.94. The number of halogens is 2. The van der Waals surface area contributed by atoms with Gasteiger partial charge in [-0.25, -0.2) is 0 Å². The van der Waals surface area contributed by atoms with Crippen molar-refractivity contribution in [1.82, 2.24) is 5.32 Å². The van der Waals surface area contributed by atoms with Crippen LogP contribution in [0.15, 0.2) is 23.6 Å². The smallest absolute Gasteiger partial charge is 0.0995 e. The van der Waals surface area contributed by atoms with Gasteiger partial charge in [0.25, 0.3) is 0 Å². The van der Waals surface area contributed by atoms with Gasteiger partial charge in [0.1, 0.15) is 0 Å². The summed E-state index contributed by atoms with van der Waals surface area (Å²) in [5, 5.41) is 5.50. The van der Waals surface area contributed by atoms with Crippen LogP contribution in [0.3, 0.4) is 0 Å². The predicted molar refractivity (Wildman–Crippen MR) is 74.2 cm³/mol. The fraction of sp³-hybridized carbons (Fsp3) is 0.273. The summed E-state index contributed by atoms with van der Waals surface area (Å²) in [5.41, 5.74) is 1.07. The van der Waals surface area contributed by atoms with Gasteiger partial charge >= 0.3 is 0 Å². The first-order chi connectivity index (χ1) is 7.72. The molecule has 0 saturated carbocycles. The van der Waals surface area contributed by atoms with E-state index in [0.717, 1.165) is 20.8 Å². The van der Waals surface area contributed by atoms with E-state index in [2.05, 4.69) is 23.7 Å². The zero-order chi connectivity index (χ0) is 11.5. The average molecular weight is 292 g/mol. The normalized spacial score (nSPS) is 12.9. The molecule has 0 aromatic carbocycles. The largest absolute Gasteiger partial charge is 0.306 e. The molecule has 0 aliphatic rings. The number of thiophene rings is 2. The molecule has 2 aromatic rings. The van der Waals surface area contributed by atoms with Crippen LogP contribution in [0.5, 0.6) is 0 Å². The Kier molecular flexibility index (Phi) is 4.27. The molecule has 0 bridgehead atoms. The van der Waals surface area contributed by atoms with Gasteiger partial charge in [0, 0.05) is 10.4 Å². The maximum atomic E-state index is 6.19. The van der Waals surface area contributed by atoms with Gasteiger partial charge in [0.2, 0.25) is 0 Å². The Morgan fingerprint density at radius 2 is 2.25 bits per heavy atom. The van der Waals surface area contributed by atoms with Gasteiger partial charge in [-0.1, -0.05) is 36.2 Å². The highest BCUT2D eigenvalue weighted by Crippen LogP contribution is 2.38. The Labute approximate surface area is 113 Å². The van der Waals surface area contributed by atoms with Crippen LogP contribution in [0.2, 0.25) is 8.67 Å². The van der Waals surface area contributed by atoms with Gasteiger partial charge in [-0.2, -0.15) is 0 Å². The Bertz CT molecular complexity index is 451. The van der Waals surface area contributed by atoms with Crippen LogP contribution in [0.25, 0.3) is 0 Å². The van der Waals surface area contributed by atoms with Gasteiger partial charge in [0.15, 0.2) is 0 Å². The van der Waals surface area contributed by atoms with Crippen molar-refractivity contribution < 1.29 is 0 Å². The minimum Gasteiger partial charge on any atom is -0.306 e. The molecule has 0 radical (unpaired) electrons. The molecule has 5 heteroatoms. The van der Waals surface area contributed by atoms with E-state index in [0.29, 0.717) is 0 Å². The third-order valence-electron chi connectivity index (χ3n) is 2.23. The van der Waals surface area contributed by atoms with E-state index in [4.69, 9.17) is 23.2 Å². The Hall–Kier alpha value is -0.0600. The molecule has 0 saturated heterocycles. The number of hydrogen-bond donors (Lipinski definition) is 1. The molecule has 0 aliphatic carbocycles. The molecular formula is C11H11Cl2NS2. The quantitative estimate of drug-likeness (QED) is 0.852. The second kappa shape index (κ2) is 5.52. The van der Waals surface area contributed by atoms with Gasteiger partial charge in [-0.3, -0.25) is 0 Å². The summed E-state index contributed by atoms with van der Waals surface area (Å²) < 4.78 is 1.50. The molecular weight excluding hydrogens is 281 g/mol. The molecule has 1 unspecified atom stereocenters. The van der Waals surface area contributed by atoms with Crippen molar-refractivity contribution >= 4 is 45.9 Å². The van der Waals surface area contributed by atoms with Crippen LogP contribution in [-0.2, 0) is 0 Å². The van der Waals surface area contributed by atoms with Gasteiger partial charge < -0.3 is 5.32 Å². The van der Waals surface area contributed by atoms with E-state index in [-0.39, 0.29) is 6.04 Å². The summed E-state index contributed by atoms with van der Waals surface area (Å²) in [6.45, 7) is 2.98. The first kappa shape index (κ1) is 12.4. The Balaban J connectivity index is 2.36. The maximum Gasteiger partial charge on any atom is 0.0995 e. The lowest BCUT2D eigenvalue weighted by atomic mass is 10.1. The van der Waals surface area contributed by atoms with Crippen LogP contribution in [-0.4, -0.2) is 6.54 Å². The van der Waals surface area contributed by atoms with E-state index >= 15 is 0 Å². The van der Waals surface area contributed by atoms with Gasteiger partial charge in [-0.15, -0.1) is 22.7 Å². The van der Waals surface area contributed by atoms with E-state index in [1.807, 2.05) is 12.1 Å². The minimum atomic E-state index is 0.154. The van der Waals surface area contributed by atoms with Crippen LogP contribution in [0.1, 0.15) is 23.4 Å². The van der Waals surface area contributed by atoms with Crippen LogP contribution in [0.4, 0.5) is 0 Å². The molecule has 1 N–H and O–H groups in total. The SMILES string of the molecule is CCNC(c1cccs1)c1cc(Cl)sc1Cl. The van der Waals surface area contributed by atoms with Crippen molar-refractivity contribution in [2.75, 3.05) is 6.54 Å². The molecule has 0 spiro atoms. The first-order valence-corrected chi connectivity index (χ1v) is 7.39. The van der Waals surface area contributed by atoms with Crippen LogP contribution < -0.4 is 5.32 Å². The highest BCUT2D eigenvalue weighted by atomic mass is 35.5. The van der Waals surface area contributed by atoms with Crippen molar-refractivity contribution in [2.45, 2.75) is 13.0 Å². The van der Waals surface area contributed by atoms with Crippen molar-refractivity contribution in [3.8, 4) is 0 Å². The van der Waals surface area contributed by atoms with Crippen LogP contribution >= 0.6 is 45.9 Å². The summed E-state index contributed by atoms with van der Waals surface area (Å²) in [6, 6.07) is 6.26.